The number of amides is 2. The molecule has 0 bridgehead atoms. The molecular weight excluding hydrogens is 330 g/mol. The molecule has 2 atom stereocenters. The Hall–Kier alpha value is -1.92. The Balaban J connectivity index is 1.59. The average molecular weight is 359 g/mol. The zero-order chi connectivity index (χ0) is 18.7. The van der Waals surface area contributed by atoms with E-state index in [-0.39, 0.29) is 23.9 Å². The number of nitrogens with zero attached hydrogens (tertiary/aromatic N) is 2. The lowest BCUT2D eigenvalue weighted by Gasteiger charge is -2.38. The van der Waals surface area contributed by atoms with Crippen LogP contribution in [0.1, 0.15) is 42.1 Å². The van der Waals surface area contributed by atoms with E-state index in [1.54, 1.807) is 7.05 Å². The number of β-amino-alcohol motifs (C(OH)–C–C–N with tert-alkyl or cyclic N) is 1. The summed E-state index contributed by atoms with van der Waals surface area (Å²) >= 11 is 0. The van der Waals surface area contributed by atoms with Gasteiger partial charge in [-0.25, -0.2) is 0 Å². The number of likely N-dealkylation sites (tertiary alicyclic amines) is 2. The van der Waals surface area contributed by atoms with Crippen LogP contribution in [0.15, 0.2) is 24.3 Å². The number of carbonyl (C=O) groups excluding carboxylic acids is 2. The fourth-order valence-corrected chi connectivity index (χ4v) is 4.13. The summed E-state index contributed by atoms with van der Waals surface area (Å²) in [6, 6.07) is 7.82. The standard InChI is InChI=1S/C20H29N3O3/c1-3-14-4-6-15(7-5-14)20(26)22-10-8-16(9-11-22)23-13-17(24)12-18(23)19(25)21-2/h4-7,16-18,24H,3,8-13H2,1-2H3,(H,21,25)/t17-,18+/m1/s1. The summed E-state index contributed by atoms with van der Waals surface area (Å²) in [5.74, 6) is 0.0477. The minimum absolute atomic E-state index is 0.0314. The first kappa shape index (κ1) is 18.9. The molecule has 26 heavy (non-hydrogen) atoms. The van der Waals surface area contributed by atoms with Crippen molar-refractivity contribution in [3.05, 3.63) is 35.4 Å². The lowest BCUT2D eigenvalue weighted by molar-refractivity contribution is -0.126. The predicted molar refractivity (Wildman–Crippen MR) is 99.9 cm³/mol. The van der Waals surface area contributed by atoms with Crippen molar-refractivity contribution in [3.8, 4) is 0 Å². The number of piperidine rings is 1. The molecule has 6 heteroatoms. The van der Waals surface area contributed by atoms with Crippen molar-refractivity contribution in [2.24, 2.45) is 0 Å². The zero-order valence-electron chi connectivity index (χ0n) is 15.6. The third kappa shape index (κ3) is 3.91. The molecule has 2 amide bonds. The Labute approximate surface area is 155 Å². The van der Waals surface area contributed by atoms with Gasteiger partial charge in [0, 0.05) is 38.3 Å². The quantitative estimate of drug-likeness (QED) is 0.842. The minimum atomic E-state index is -0.450. The molecule has 0 radical (unpaired) electrons. The second kappa shape index (κ2) is 8.18. The third-order valence-electron chi connectivity index (χ3n) is 5.70. The summed E-state index contributed by atoms with van der Waals surface area (Å²) in [5.41, 5.74) is 1.97. The maximum absolute atomic E-state index is 12.7. The summed E-state index contributed by atoms with van der Waals surface area (Å²) in [6.45, 7) is 4.01. The van der Waals surface area contributed by atoms with E-state index >= 15 is 0 Å². The number of benzene rings is 1. The average Bonchev–Trinajstić information content (AvgIpc) is 3.08. The van der Waals surface area contributed by atoms with Crippen molar-refractivity contribution < 1.29 is 14.7 Å². The fourth-order valence-electron chi connectivity index (χ4n) is 4.13. The molecule has 0 saturated carbocycles. The van der Waals surface area contributed by atoms with Crippen LogP contribution in [0.3, 0.4) is 0 Å². The van der Waals surface area contributed by atoms with Gasteiger partial charge in [-0.05, 0) is 43.4 Å². The van der Waals surface area contributed by atoms with E-state index in [1.807, 2.05) is 29.2 Å². The van der Waals surface area contributed by atoms with Gasteiger partial charge >= 0.3 is 0 Å². The molecule has 2 fully saturated rings. The highest BCUT2D eigenvalue weighted by Crippen LogP contribution is 2.27. The van der Waals surface area contributed by atoms with E-state index in [9.17, 15) is 14.7 Å². The van der Waals surface area contributed by atoms with Crippen LogP contribution in [-0.4, -0.2) is 71.6 Å². The van der Waals surface area contributed by atoms with Gasteiger partial charge in [0.15, 0.2) is 0 Å². The second-order valence-electron chi connectivity index (χ2n) is 7.29. The maximum Gasteiger partial charge on any atom is 0.253 e. The number of aliphatic hydroxyl groups is 1. The number of likely N-dealkylation sites (N-methyl/N-ethyl adjacent to an activating group) is 1. The molecule has 1 aromatic rings. The first-order valence-corrected chi connectivity index (χ1v) is 9.57. The van der Waals surface area contributed by atoms with Crippen LogP contribution in [0.2, 0.25) is 0 Å². The van der Waals surface area contributed by atoms with Crippen molar-refractivity contribution in [2.75, 3.05) is 26.7 Å². The van der Waals surface area contributed by atoms with E-state index in [2.05, 4.69) is 17.1 Å². The smallest absolute Gasteiger partial charge is 0.253 e. The van der Waals surface area contributed by atoms with Gasteiger partial charge in [0.05, 0.1) is 12.1 Å². The Morgan fingerprint density at radius 2 is 1.85 bits per heavy atom. The fraction of sp³-hybridized carbons (Fsp3) is 0.600. The Morgan fingerprint density at radius 1 is 1.19 bits per heavy atom. The van der Waals surface area contributed by atoms with Crippen LogP contribution in [0, 0.1) is 0 Å². The van der Waals surface area contributed by atoms with E-state index in [1.165, 1.54) is 5.56 Å². The van der Waals surface area contributed by atoms with Crippen molar-refractivity contribution in [1.29, 1.82) is 0 Å². The summed E-state index contributed by atoms with van der Waals surface area (Å²) < 4.78 is 0. The monoisotopic (exact) mass is 359 g/mol. The van der Waals surface area contributed by atoms with Crippen LogP contribution >= 0.6 is 0 Å². The molecule has 2 heterocycles. The van der Waals surface area contributed by atoms with Crippen molar-refractivity contribution >= 4 is 11.8 Å². The number of hydrogen-bond acceptors (Lipinski definition) is 4. The lowest BCUT2D eigenvalue weighted by Crippen LogP contribution is -2.51. The van der Waals surface area contributed by atoms with Crippen molar-refractivity contribution in [1.82, 2.24) is 15.1 Å². The van der Waals surface area contributed by atoms with Crippen molar-refractivity contribution in [2.45, 2.75) is 50.8 Å². The molecule has 2 aliphatic rings. The highest BCUT2D eigenvalue weighted by Gasteiger charge is 2.40. The molecular formula is C20H29N3O3. The number of carbonyl (C=O) groups is 2. The summed E-state index contributed by atoms with van der Waals surface area (Å²) in [7, 11) is 1.64. The second-order valence-corrected chi connectivity index (χ2v) is 7.29. The van der Waals surface area contributed by atoms with Crippen LogP contribution in [-0.2, 0) is 11.2 Å². The Morgan fingerprint density at radius 3 is 2.42 bits per heavy atom. The SMILES string of the molecule is CCc1ccc(C(=O)N2CCC(N3C[C@H](O)C[C@H]3C(=O)NC)CC2)cc1. The molecule has 0 aliphatic carbocycles. The zero-order valence-corrected chi connectivity index (χ0v) is 15.6. The van der Waals surface area contributed by atoms with Gasteiger partial charge in [-0.15, -0.1) is 0 Å². The van der Waals surface area contributed by atoms with Crippen LogP contribution in [0.4, 0.5) is 0 Å². The number of aryl methyl sites for hydroxylation is 1. The van der Waals surface area contributed by atoms with Crippen LogP contribution in [0.25, 0.3) is 0 Å². The minimum Gasteiger partial charge on any atom is -0.392 e. The van der Waals surface area contributed by atoms with E-state index in [0.717, 1.165) is 24.8 Å². The van der Waals surface area contributed by atoms with Gasteiger partial charge in [-0.3, -0.25) is 14.5 Å². The molecule has 0 aromatic heterocycles. The molecule has 2 N–H and O–H groups in total. The molecule has 6 nitrogen and oxygen atoms in total. The summed E-state index contributed by atoms with van der Waals surface area (Å²) in [5, 5.41) is 12.7. The molecule has 0 unspecified atom stereocenters. The third-order valence-corrected chi connectivity index (χ3v) is 5.70. The molecule has 142 valence electrons. The molecule has 3 rings (SSSR count). The number of nitrogens with one attached hydrogen (secondary N) is 1. The largest absolute Gasteiger partial charge is 0.392 e. The molecule has 2 saturated heterocycles. The normalized spacial score (nSPS) is 24.7. The van der Waals surface area contributed by atoms with E-state index < -0.39 is 6.10 Å². The topological polar surface area (TPSA) is 72.9 Å². The Bertz CT molecular complexity index is 638. The molecule has 0 spiro atoms. The first-order valence-electron chi connectivity index (χ1n) is 9.57. The van der Waals surface area contributed by atoms with Gasteiger partial charge < -0.3 is 15.3 Å². The van der Waals surface area contributed by atoms with Gasteiger partial charge in [-0.2, -0.15) is 0 Å². The highest BCUT2D eigenvalue weighted by atomic mass is 16.3. The van der Waals surface area contributed by atoms with E-state index in [4.69, 9.17) is 0 Å². The summed E-state index contributed by atoms with van der Waals surface area (Å²) in [4.78, 5) is 28.8. The first-order chi connectivity index (χ1) is 12.5. The van der Waals surface area contributed by atoms with Gasteiger partial charge in [0.2, 0.25) is 5.91 Å². The van der Waals surface area contributed by atoms with Gasteiger partial charge in [0.1, 0.15) is 0 Å². The van der Waals surface area contributed by atoms with Crippen molar-refractivity contribution in [3.63, 3.8) is 0 Å². The Kier molecular flexibility index (Phi) is 5.94. The molecule has 2 aliphatic heterocycles. The predicted octanol–water partition coefficient (Wildman–Crippen LogP) is 1.03. The van der Waals surface area contributed by atoms with Gasteiger partial charge in [0.25, 0.3) is 5.91 Å². The van der Waals surface area contributed by atoms with E-state index in [0.29, 0.717) is 26.1 Å². The summed E-state index contributed by atoms with van der Waals surface area (Å²) in [6.07, 6.45) is 2.67. The number of aliphatic hydroxyl groups excluding tert-OH is 1. The van der Waals surface area contributed by atoms with Crippen LogP contribution < -0.4 is 5.32 Å². The number of rotatable bonds is 4. The lowest BCUT2D eigenvalue weighted by atomic mass is 10.0. The van der Waals surface area contributed by atoms with Gasteiger partial charge in [-0.1, -0.05) is 19.1 Å². The highest BCUT2D eigenvalue weighted by molar-refractivity contribution is 5.94. The van der Waals surface area contributed by atoms with Crippen LogP contribution in [0.5, 0.6) is 0 Å². The maximum atomic E-state index is 12.7. The molecule has 1 aromatic carbocycles. The number of hydrogen-bond donors (Lipinski definition) is 2.